The third-order valence-corrected chi connectivity index (χ3v) is 4.59. The second kappa shape index (κ2) is 6.53. The molecule has 0 radical (unpaired) electrons. The second-order valence-corrected chi connectivity index (χ2v) is 6.59. The Labute approximate surface area is 160 Å². The molecule has 1 aromatic carbocycles. The molecule has 0 amide bonds. The predicted octanol–water partition coefficient (Wildman–Crippen LogP) is 4.36. The van der Waals surface area contributed by atoms with E-state index >= 15 is 0 Å². The molecule has 0 spiro atoms. The van der Waals surface area contributed by atoms with E-state index in [-0.39, 0.29) is 0 Å². The molecule has 0 fully saturated rings. The fourth-order valence-corrected chi connectivity index (χ4v) is 3.24. The normalized spacial score (nSPS) is 12.9. The van der Waals surface area contributed by atoms with E-state index in [9.17, 15) is 4.39 Å². The molecule has 4 heterocycles. The number of pyridine rings is 2. The van der Waals surface area contributed by atoms with Gasteiger partial charge in [0.05, 0.1) is 0 Å². The van der Waals surface area contributed by atoms with Crippen molar-refractivity contribution in [2.45, 2.75) is 6.92 Å². The molecule has 5 rings (SSSR count). The van der Waals surface area contributed by atoms with Crippen LogP contribution < -0.4 is 14.8 Å². The summed E-state index contributed by atoms with van der Waals surface area (Å²) >= 11 is 0. The maximum atomic E-state index is 13.3. The number of rotatable bonds is 3. The summed E-state index contributed by atoms with van der Waals surface area (Å²) in [6, 6.07) is 12.7. The monoisotopic (exact) mass is 376 g/mol. The van der Waals surface area contributed by atoms with E-state index in [1.165, 1.54) is 12.3 Å². The highest BCUT2D eigenvalue weighted by Crippen LogP contribution is 2.36. The average Bonchev–Trinajstić information content (AvgIpc) is 3.06. The maximum Gasteiger partial charge on any atom is 0.212 e. The van der Waals surface area contributed by atoms with Crippen molar-refractivity contribution in [3.8, 4) is 22.8 Å². The van der Waals surface area contributed by atoms with E-state index in [2.05, 4.69) is 10.3 Å². The van der Waals surface area contributed by atoms with Crippen LogP contribution in [0, 0.1) is 12.9 Å². The Kier molecular flexibility index (Phi) is 3.86. The van der Waals surface area contributed by atoms with Gasteiger partial charge in [-0.05, 0) is 48.9 Å². The van der Waals surface area contributed by atoms with Crippen molar-refractivity contribution in [1.29, 1.82) is 0 Å². The van der Waals surface area contributed by atoms with Gasteiger partial charge in [-0.3, -0.25) is 4.40 Å². The van der Waals surface area contributed by atoms with E-state index in [1.54, 1.807) is 6.07 Å². The van der Waals surface area contributed by atoms with Gasteiger partial charge in [0, 0.05) is 29.7 Å². The topological polar surface area (TPSA) is 60.7 Å². The Bertz CT molecular complexity index is 1170. The van der Waals surface area contributed by atoms with Crippen molar-refractivity contribution in [1.82, 2.24) is 14.4 Å². The van der Waals surface area contributed by atoms with Crippen LogP contribution in [0.5, 0.6) is 11.5 Å². The molecule has 140 valence electrons. The zero-order valence-electron chi connectivity index (χ0n) is 15.1. The first kappa shape index (κ1) is 16.6. The molecule has 0 bridgehead atoms. The van der Waals surface area contributed by atoms with E-state index in [4.69, 9.17) is 14.5 Å². The van der Waals surface area contributed by atoms with Crippen LogP contribution in [0.4, 0.5) is 15.9 Å². The van der Waals surface area contributed by atoms with Gasteiger partial charge in [-0.1, -0.05) is 0 Å². The van der Waals surface area contributed by atoms with Gasteiger partial charge in [-0.25, -0.2) is 9.97 Å². The van der Waals surface area contributed by atoms with Crippen LogP contribution in [-0.4, -0.2) is 27.6 Å². The lowest BCUT2D eigenvalue weighted by molar-refractivity contribution is 0.171. The van der Waals surface area contributed by atoms with Crippen LogP contribution >= 0.6 is 0 Å². The van der Waals surface area contributed by atoms with Crippen LogP contribution in [0.3, 0.4) is 0 Å². The van der Waals surface area contributed by atoms with Crippen LogP contribution in [0.25, 0.3) is 16.9 Å². The van der Waals surface area contributed by atoms with Crippen molar-refractivity contribution >= 4 is 17.2 Å². The zero-order valence-corrected chi connectivity index (χ0v) is 15.1. The van der Waals surface area contributed by atoms with E-state index in [0.717, 1.165) is 34.0 Å². The second-order valence-electron chi connectivity index (χ2n) is 6.59. The lowest BCUT2D eigenvalue weighted by Gasteiger charge is -2.19. The Morgan fingerprint density at radius 1 is 1.04 bits per heavy atom. The third-order valence-electron chi connectivity index (χ3n) is 4.59. The van der Waals surface area contributed by atoms with Crippen molar-refractivity contribution in [3.63, 3.8) is 0 Å². The molecular weight excluding hydrogens is 359 g/mol. The highest BCUT2D eigenvalue weighted by molar-refractivity contribution is 5.80. The van der Waals surface area contributed by atoms with E-state index < -0.39 is 5.95 Å². The number of imidazole rings is 1. The summed E-state index contributed by atoms with van der Waals surface area (Å²) in [5, 5.41) is 3.42. The fraction of sp³-hybridized carbons (Fsp3) is 0.143. The van der Waals surface area contributed by atoms with Gasteiger partial charge in [0.15, 0.2) is 11.5 Å². The van der Waals surface area contributed by atoms with Crippen molar-refractivity contribution in [2.24, 2.45) is 0 Å². The van der Waals surface area contributed by atoms with Gasteiger partial charge >= 0.3 is 0 Å². The molecule has 1 N–H and O–H groups in total. The summed E-state index contributed by atoms with van der Waals surface area (Å²) in [5.41, 5.74) is 4.14. The van der Waals surface area contributed by atoms with Crippen LogP contribution in [0.1, 0.15) is 5.56 Å². The maximum absolute atomic E-state index is 13.3. The number of hydrogen-bond donors (Lipinski definition) is 1. The Morgan fingerprint density at radius 2 is 1.89 bits per heavy atom. The summed E-state index contributed by atoms with van der Waals surface area (Å²) in [4.78, 5) is 8.51. The number of fused-ring (bicyclic) bond motifs is 2. The SMILES string of the molecule is Cc1ccn2c(Nc3ccc4c(c3)OCCO4)c(-c3ccc(F)nc3)nc2c1. The quantitative estimate of drug-likeness (QED) is 0.539. The smallest absolute Gasteiger partial charge is 0.212 e. The lowest BCUT2D eigenvalue weighted by Crippen LogP contribution is -2.15. The molecule has 0 atom stereocenters. The molecule has 7 heteroatoms. The first-order valence-corrected chi connectivity index (χ1v) is 8.95. The number of anilines is 2. The van der Waals surface area contributed by atoms with Crippen LogP contribution in [-0.2, 0) is 0 Å². The average molecular weight is 376 g/mol. The summed E-state index contributed by atoms with van der Waals surface area (Å²) < 4.78 is 26.5. The van der Waals surface area contributed by atoms with Crippen LogP contribution in [0.2, 0.25) is 0 Å². The predicted molar refractivity (Wildman–Crippen MR) is 104 cm³/mol. The van der Waals surface area contributed by atoms with Crippen molar-refractivity contribution in [2.75, 3.05) is 18.5 Å². The summed E-state index contributed by atoms with van der Waals surface area (Å²) in [6.07, 6.45) is 3.44. The number of aryl methyl sites for hydroxylation is 1. The number of nitrogens with zero attached hydrogens (tertiary/aromatic N) is 3. The number of benzene rings is 1. The summed E-state index contributed by atoms with van der Waals surface area (Å²) in [6.45, 7) is 3.09. The lowest BCUT2D eigenvalue weighted by atomic mass is 10.2. The molecular formula is C21H17FN4O2. The molecule has 0 aliphatic carbocycles. The number of ether oxygens (including phenoxy) is 2. The Balaban J connectivity index is 1.63. The van der Waals surface area contributed by atoms with E-state index in [1.807, 2.05) is 47.9 Å². The minimum Gasteiger partial charge on any atom is -0.486 e. The van der Waals surface area contributed by atoms with Gasteiger partial charge in [0.25, 0.3) is 0 Å². The van der Waals surface area contributed by atoms with E-state index in [0.29, 0.717) is 24.7 Å². The Morgan fingerprint density at radius 3 is 2.71 bits per heavy atom. The largest absolute Gasteiger partial charge is 0.486 e. The van der Waals surface area contributed by atoms with Gasteiger partial charge < -0.3 is 14.8 Å². The van der Waals surface area contributed by atoms with Crippen molar-refractivity contribution < 1.29 is 13.9 Å². The molecule has 3 aromatic heterocycles. The number of halogens is 1. The minimum absolute atomic E-state index is 0.523. The number of nitrogens with one attached hydrogen (secondary N) is 1. The summed E-state index contributed by atoms with van der Waals surface area (Å²) in [5.74, 6) is 1.67. The molecule has 1 aliphatic rings. The molecule has 4 aromatic rings. The number of hydrogen-bond acceptors (Lipinski definition) is 5. The Hall–Kier alpha value is -3.61. The molecule has 0 saturated heterocycles. The number of aromatic nitrogens is 3. The van der Waals surface area contributed by atoms with Crippen LogP contribution in [0.15, 0.2) is 54.9 Å². The first-order chi connectivity index (χ1) is 13.7. The third kappa shape index (κ3) is 2.90. The van der Waals surface area contributed by atoms with Gasteiger partial charge in [0.2, 0.25) is 5.95 Å². The molecule has 1 aliphatic heterocycles. The molecule has 28 heavy (non-hydrogen) atoms. The zero-order chi connectivity index (χ0) is 19.1. The summed E-state index contributed by atoms with van der Waals surface area (Å²) in [7, 11) is 0. The highest BCUT2D eigenvalue weighted by Gasteiger charge is 2.17. The molecule has 0 unspecified atom stereocenters. The minimum atomic E-state index is -0.523. The molecule has 0 saturated carbocycles. The van der Waals surface area contributed by atoms with Gasteiger partial charge in [0.1, 0.15) is 30.4 Å². The molecule has 6 nitrogen and oxygen atoms in total. The highest BCUT2D eigenvalue weighted by atomic mass is 19.1. The van der Waals surface area contributed by atoms with Crippen molar-refractivity contribution in [3.05, 3.63) is 66.4 Å². The first-order valence-electron chi connectivity index (χ1n) is 8.95. The fourth-order valence-electron chi connectivity index (χ4n) is 3.24. The standard InChI is InChI=1S/C21H17FN4O2/c1-13-6-7-26-19(10-13)25-20(14-2-5-18(22)23-12-14)21(26)24-15-3-4-16-17(11-15)28-9-8-27-16/h2-7,10-12,24H,8-9H2,1H3. The van der Waals surface area contributed by atoms with Gasteiger partial charge in [-0.2, -0.15) is 4.39 Å². The van der Waals surface area contributed by atoms with Gasteiger partial charge in [-0.15, -0.1) is 0 Å².